The van der Waals surface area contributed by atoms with Crippen LogP contribution in [0.15, 0.2) is 0 Å². The van der Waals surface area contributed by atoms with E-state index in [0.717, 1.165) is 0 Å². The zero-order valence-electron chi connectivity index (χ0n) is 29.1. The molecule has 2 fully saturated rings. The van der Waals surface area contributed by atoms with E-state index in [-0.39, 0.29) is 54.4 Å². The van der Waals surface area contributed by atoms with Crippen LogP contribution in [0.3, 0.4) is 0 Å². The van der Waals surface area contributed by atoms with E-state index in [0.29, 0.717) is 25.7 Å². The topological polar surface area (TPSA) is 134 Å². The van der Waals surface area contributed by atoms with Crippen molar-refractivity contribution in [1.82, 2.24) is 0 Å². The number of Topliss-reactive ketones (excluding diaryl/α,β-unsaturated/α-hetero) is 1. The lowest BCUT2D eigenvalue weighted by molar-refractivity contribution is -0.359. The van der Waals surface area contributed by atoms with Crippen LogP contribution >= 0.6 is 0 Å². The van der Waals surface area contributed by atoms with Gasteiger partial charge in [-0.15, -0.1) is 0 Å². The van der Waals surface area contributed by atoms with Gasteiger partial charge < -0.3 is 29.9 Å². The first-order valence-corrected chi connectivity index (χ1v) is 16.9. The van der Waals surface area contributed by atoms with Gasteiger partial charge in [-0.2, -0.15) is 0 Å². The number of ether oxygens (including phenoxy) is 2. The summed E-state index contributed by atoms with van der Waals surface area (Å²) in [6.07, 6.45) is 0.372. The Balaban J connectivity index is 2.67. The molecule has 0 bridgehead atoms. The van der Waals surface area contributed by atoms with Crippen molar-refractivity contribution >= 4 is 11.8 Å². The Morgan fingerprint density at radius 3 is 2.00 bits per heavy atom. The second kappa shape index (κ2) is 14.6. The van der Waals surface area contributed by atoms with Gasteiger partial charge in [0, 0.05) is 24.2 Å². The molecule has 0 aromatic carbocycles. The van der Waals surface area contributed by atoms with Gasteiger partial charge in [0.05, 0.1) is 23.7 Å². The van der Waals surface area contributed by atoms with Gasteiger partial charge in [0.25, 0.3) is 0 Å². The molecule has 0 amide bonds. The maximum atomic E-state index is 14.0. The van der Waals surface area contributed by atoms with E-state index in [2.05, 4.69) is 13.8 Å². The van der Waals surface area contributed by atoms with Gasteiger partial charge in [-0.1, -0.05) is 62.3 Å². The SMILES string of the molecule is CCC1C[C@@](C)(O)C(CC2(O)O[C@H](C)C[C@H](C)[C@@]2(C)O)[C@@H](C)[C@H](C)[C@@H](C)C(=O)O[C@H](CC)[C@@H](CC(C)C)[C@H](O)[C@@H](C)C1=O. The van der Waals surface area contributed by atoms with Crippen molar-refractivity contribution in [1.29, 1.82) is 0 Å². The molecular weight excluding hydrogens is 548 g/mol. The van der Waals surface area contributed by atoms with E-state index in [1.165, 1.54) is 0 Å². The number of hydrogen-bond acceptors (Lipinski definition) is 8. The Labute approximate surface area is 261 Å². The van der Waals surface area contributed by atoms with Crippen LogP contribution in [-0.4, -0.2) is 67.5 Å². The van der Waals surface area contributed by atoms with Crippen molar-refractivity contribution in [3.05, 3.63) is 0 Å². The Bertz CT molecular complexity index is 931. The normalized spacial score (nSPS) is 47.7. The molecule has 2 heterocycles. The summed E-state index contributed by atoms with van der Waals surface area (Å²) in [7, 11) is 0. The Morgan fingerprint density at radius 2 is 1.49 bits per heavy atom. The van der Waals surface area contributed by atoms with Gasteiger partial charge in [-0.05, 0) is 82.5 Å². The highest BCUT2D eigenvalue weighted by molar-refractivity contribution is 5.83. The molecule has 0 aliphatic carbocycles. The smallest absolute Gasteiger partial charge is 0.309 e. The van der Waals surface area contributed by atoms with Crippen LogP contribution in [0.5, 0.6) is 0 Å². The van der Waals surface area contributed by atoms with Gasteiger partial charge in [0.1, 0.15) is 17.5 Å². The summed E-state index contributed by atoms with van der Waals surface area (Å²) in [6.45, 7) is 22.5. The molecule has 0 radical (unpaired) electrons. The fourth-order valence-corrected chi connectivity index (χ4v) is 7.97. The number of aliphatic hydroxyl groups is 4. The van der Waals surface area contributed by atoms with Gasteiger partial charge in [0.15, 0.2) is 5.79 Å². The second-order valence-electron chi connectivity index (χ2n) is 15.3. The highest BCUT2D eigenvalue weighted by Gasteiger charge is 2.58. The van der Waals surface area contributed by atoms with E-state index >= 15 is 0 Å². The molecule has 8 heteroatoms. The van der Waals surface area contributed by atoms with E-state index in [9.17, 15) is 30.0 Å². The molecule has 252 valence electrons. The molecule has 4 N–H and O–H groups in total. The minimum atomic E-state index is -1.95. The highest BCUT2D eigenvalue weighted by atomic mass is 16.6. The molecular formula is C35H64O8. The third kappa shape index (κ3) is 8.21. The van der Waals surface area contributed by atoms with Crippen LogP contribution in [0.1, 0.15) is 122 Å². The molecule has 0 aromatic rings. The van der Waals surface area contributed by atoms with Gasteiger partial charge >= 0.3 is 5.97 Å². The average Bonchev–Trinajstić information content (AvgIpc) is 2.92. The quantitative estimate of drug-likeness (QED) is 0.288. The second-order valence-corrected chi connectivity index (χ2v) is 15.3. The van der Waals surface area contributed by atoms with Crippen LogP contribution in [0.25, 0.3) is 0 Å². The minimum absolute atomic E-state index is 0.0776. The van der Waals surface area contributed by atoms with E-state index in [1.54, 1.807) is 20.8 Å². The van der Waals surface area contributed by atoms with Crippen LogP contribution in [0.4, 0.5) is 0 Å². The lowest BCUT2D eigenvalue weighted by atomic mass is 9.63. The Morgan fingerprint density at radius 1 is 0.907 bits per heavy atom. The maximum Gasteiger partial charge on any atom is 0.309 e. The Kier molecular flexibility index (Phi) is 12.9. The zero-order chi connectivity index (χ0) is 33.2. The Hall–Kier alpha value is -1.06. The molecule has 0 saturated carbocycles. The summed E-state index contributed by atoms with van der Waals surface area (Å²) in [5.41, 5.74) is -3.05. The number of cyclic esters (lactones) is 1. The van der Waals surface area contributed by atoms with Crippen LogP contribution in [0, 0.1) is 53.3 Å². The number of hydrogen-bond donors (Lipinski definition) is 4. The summed E-state index contributed by atoms with van der Waals surface area (Å²) in [5.74, 6) is -5.93. The number of carbonyl (C=O) groups is 2. The predicted molar refractivity (Wildman–Crippen MR) is 168 cm³/mol. The zero-order valence-corrected chi connectivity index (χ0v) is 29.1. The maximum absolute atomic E-state index is 14.0. The number of ketones is 1. The molecule has 0 spiro atoms. The van der Waals surface area contributed by atoms with Gasteiger partial charge in [-0.25, -0.2) is 0 Å². The van der Waals surface area contributed by atoms with Gasteiger partial charge in [0.2, 0.25) is 0 Å². The van der Waals surface area contributed by atoms with Crippen molar-refractivity contribution in [2.75, 3.05) is 0 Å². The standard InChI is InChI=1S/C35H64O8/c1-13-26-17-33(11,39)28(18-35(41)34(12,40)20(5)16-21(6)43-35)23(8)22(7)24(9)32(38)42-29(14-2)27(15-19(3)4)31(37)25(10)30(26)36/h19-29,31,37,39-41H,13-18H2,1-12H3/t20-,21+,22-,23-,24+,25-,26?,27+,28?,29+,31+,33+,34+,35?/m0/s1. The minimum Gasteiger partial charge on any atom is -0.462 e. The summed E-state index contributed by atoms with van der Waals surface area (Å²) < 4.78 is 12.2. The predicted octanol–water partition coefficient (Wildman–Crippen LogP) is 5.52. The number of rotatable bonds is 6. The monoisotopic (exact) mass is 612 g/mol. The van der Waals surface area contributed by atoms with Crippen molar-refractivity contribution in [2.24, 2.45) is 53.3 Å². The molecule has 2 aliphatic rings. The third-order valence-electron chi connectivity index (χ3n) is 11.6. The first kappa shape index (κ1) is 38.1. The van der Waals surface area contributed by atoms with Crippen LogP contribution in [0.2, 0.25) is 0 Å². The van der Waals surface area contributed by atoms with E-state index in [1.807, 2.05) is 48.5 Å². The molecule has 14 atom stereocenters. The largest absolute Gasteiger partial charge is 0.462 e. The molecule has 2 aliphatic heterocycles. The van der Waals surface area contributed by atoms with Gasteiger partial charge in [-0.3, -0.25) is 9.59 Å². The number of esters is 1. The molecule has 2 saturated heterocycles. The molecule has 2 rings (SSSR count). The number of carbonyl (C=O) groups excluding carboxylic acids is 2. The fraction of sp³-hybridized carbons (Fsp3) is 0.943. The summed E-state index contributed by atoms with van der Waals surface area (Å²) in [6, 6.07) is 0. The van der Waals surface area contributed by atoms with Crippen molar-refractivity contribution in [3.63, 3.8) is 0 Å². The first-order valence-electron chi connectivity index (χ1n) is 16.9. The van der Waals surface area contributed by atoms with E-state index in [4.69, 9.17) is 9.47 Å². The summed E-state index contributed by atoms with van der Waals surface area (Å²) >= 11 is 0. The first-order chi connectivity index (χ1) is 19.6. The molecule has 43 heavy (non-hydrogen) atoms. The lowest BCUT2D eigenvalue weighted by Gasteiger charge is -2.54. The highest BCUT2D eigenvalue weighted by Crippen LogP contribution is 2.49. The fourth-order valence-electron chi connectivity index (χ4n) is 7.97. The molecule has 8 nitrogen and oxygen atoms in total. The van der Waals surface area contributed by atoms with Crippen molar-refractivity contribution in [3.8, 4) is 0 Å². The third-order valence-corrected chi connectivity index (χ3v) is 11.6. The molecule has 3 unspecified atom stereocenters. The summed E-state index contributed by atoms with van der Waals surface area (Å²) in [5, 5.41) is 47.4. The lowest BCUT2D eigenvalue weighted by Crippen LogP contribution is -2.64. The van der Waals surface area contributed by atoms with Crippen LogP contribution in [-0.2, 0) is 19.1 Å². The van der Waals surface area contributed by atoms with Crippen LogP contribution < -0.4 is 0 Å². The van der Waals surface area contributed by atoms with Crippen molar-refractivity contribution < 1.29 is 39.5 Å². The van der Waals surface area contributed by atoms with E-state index < -0.39 is 58.8 Å². The molecule has 0 aromatic heterocycles. The van der Waals surface area contributed by atoms with Crippen molar-refractivity contribution in [2.45, 2.75) is 157 Å². The summed E-state index contributed by atoms with van der Waals surface area (Å²) in [4.78, 5) is 27.6. The average molecular weight is 613 g/mol. The number of aliphatic hydroxyl groups excluding tert-OH is 1.